The summed E-state index contributed by atoms with van der Waals surface area (Å²) in [7, 11) is 3.93. The molecule has 0 aliphatic heterocycles. The number of thioether (sulfide) groups is 1. The van der Waals surface area contributed by atoms with Crippen molar-refractivity contribution >= 4 is 40.2 Å². The summed E-state index contributed by atoms with van der Waals surface area (Å²) >= 11 is 1.41. The van der Waals surface area contributed by atoms with E-state index >= 15 is 0 Å². The molecule has 1 aromatic heterocycles. The lowest BCUT2D eigenvalue weighted by Crippen LogP contribution is -2.41. The van der Waals surface area contributed by atoms with E-state index in [1.165, 1.54) is 18.7 Å². The number of nitrogens with one attached hydrogen (secondary N) is 1. The van der Waals surface area contributed by atoms with Crippen molar-refractivity contribution in [3.63, 3.8) is 0 Å². The van der Waals surface area contributed by atoms with Crippen LogP contribution in [0.4, 0.5) is 5.69 Å². The van der Waals surface area contributed by atoms with Crippen molar-refractivity contribution in [1.82, 2.24) is 10.3 Å². The van der Waals surface area contributed by atoms with Crippen molar-refractivity contribution in [2.75, 3.05) is 24.7 Å². The first-order chi connectivity index (χ1) is 11.3. The summed E-state index contributed by atoms with van der Waals surface area (Å²) in [5, 5.41) is 12.7. The van der Waals surface area contributed by atoms with Crippen LogP contribution in [0.3, 0.4) is 0 Å². The Bertz CT molecular complexity index is 777. The lowest BCUT2D eigenvalue weighted by molar-refractivity contribution is -0.140. The van der Waals surface area contributed by atoms with Crippen molar-refractivity contribution in [3.05, 3.63) is 30.0 Å². The molecule has 0 aliphatic rings. The van der Waals surface area contributed by atoms with Crippen LogP contribution in [0.15, 0.2) is 29.2 Å². The summed E-state index contributed by atoms with van der Waals surface area (Å²) in [6, 6.07) is 7.02. The minimum Gasteiger partial charge on any atom is -0.480 e. The van der Waals surface area contributed by atoms with Gasteiger partial charge in [0.1, 0.15) is 6.04 Å². The maximum atomic E-state index is 11.3. The molecule has 1 heterocycles. The van der Waals surface area contributed by atoms with Crippen LogP contribution in [0.1, 0.15) is 12.6 Å². The molecule has 1 atom stereocenters. The van der Waals surface area contributed by atoms with Gasteiger partial charge in [0.15, 0.2) is 0 Å². The van der Waals surface area contributed by atoms with E-state index < -0.39 is 12.0 Å². The minimum absolute atomic E-state index is 0.250. The number of hydrogen-bond donors (Lipinski definition) is 2. The van der Waals surface area contributed by atoms with E-state index in [1.807, 2.05) is 50.2 Å². The Morgan fingerprint density at radius 1 is 1.33 bits per heavy atom. The molecule has 1 unspecified atom stereocenters. The Balaban J connectivity index is 2.34. The molecular formula is C17H21N3O3S. The van der Waals surface area contributed by atoms with Crippen LogP contribution in [0, 0.1) is 6.92 Å². The highest BCUT2D eigenvalue weighted by molar-refractivity contribution is 7.99. The van der Waals surface area contributed by atoms with Crippen LogP contribution in [0.5, 0.6) is 0 Å². The number of amides is 1. The second-order valence-corrected chi connectivity index (χ2v) is 6.82. The summed E-state index contributed by atoms with van der Waals surface area (Å²) in [5.74, 6) is -1.14. The zero-order chi connectivity index (χ0) is 17.9. The predicted octanol–water partition coefficient (Wildman–Crippen LogP) is 2.29. The first-order valence-electron chi connectivity index (χ1n) is 7.49. The summed E-state index contributed by atoms with van der Waals surface area (Å²) in [4.78, 5) is 29.9. The van der Waals surface area contributed by atoms with Crippen molar-refractivity contribution < 1.29 is 14.7 Å². The van der Waals surface area contributed by atoms with E-state index in [0.717, 1.165) is 27.2 Å². The molecule has 0 radical (unpaired) electrons. The van der Waals surface area contributed by atoms with Gasteiger partial charge in [0.2, 0.25) is 5.91 Å². The molecule has 1 amide bonds. The van der Waals surface area contributed by atoms with Gasteiger partial charge in [-0.1, -0.05) is 0 Å². The Hall–Kier alpha value is -2.28. The van der Waals surface area contributed by atoms with Crippen molar-refractivity contribution in [2.45, 2.75) is 24.8 Å². The monoisotopic (exact) mass is 347 g/mol. The van der Waals surface area contributed by atoms with Crippen molar-refractivity contribution in [3.8, 4) is 0 Å². The summed E-state index contributed by atoms with van der Waals surface area (Å²) in [5.41, 5.74) is 2.79. The number of aryl methyl sites for hydroxylation is 1. The highest BCUT2D eigenvalue weighted by Gasteiger charge is 2.19. The van der Waals surface area contributed by atoms with Gasteiger partial charge in [-0.25, -0.2) is 4.79 Å². The zero-order valence-corrected chi connectivity index (χ0v) is 15.0. The van der Waals surface area contributed by atoms with Crippen molar-refractivity contribution in [1.29, 1.82) is 0 Å². The highest BCUT2D eigenvalue weighted by Crippen LogP contribution is 2.31. The lowest BCUT2D eigenvalue weighted by atomic mass is 10.1. The Labute approximate surface area is 145 Å². The number of carboxylic acids is 1. The first kappa shape index (κ1) is 18.1. The van der Waals surface area contributed by atoms with Crippen LogP contribution in [0.25, 0.3) is 10.9 Å². The normalized spacial score (nSPS) is 12.0. The van der Waals surface area contributed by atoms with Gasteiger partial charge in [0.25, 0.3) is 0 Å². The molecule has 0 spiro atoms. The molecule has 0 saturated carbocycles. The molecule has 1 aromatic carbocycles. The van der Waals surface area contributed by atoms with Gasteiger partial charge >= 0.3 is 5.97 Å². The van der Waals surface area contributed by atoms with Gasteiger partial charge in [-0.05, 0) is 31.2 Å². The third-order valence-electron chi connectivity index (χ3n) is 3.48. The number of fused-ring (bicyclic) bond motifs is 1. The van der Waals surface area contributed by atoms with Gasteiger partial charge in [-0.3, -0.25) is 9.78 Å². The standard InChI is InChI=1S/C17H21N3O3S/c1-10-7-16(24-9-15(17(22)23)19-11(2)21)13-8-12(20(3)4)5-6-14(13)18-10/h5-8,15H,9H2,1-4H3,(H,19,21)(H,22,23). The predicted molar refractivity (Wildman–Crippen MR) is 96.8 cm³/mol. The minimum atomic E-state index is -1.04. The number of hydrogen-bond acceptors (Lipinski definition) is 5. The van der Waals surface area contributed by atoms with Crippen molar-refractivity contribution in [2.24, 2.45) is 0 Å². The van der Waals surface area contributed by atoms with Crippen LogP contribution in [-0.4, -0.2) is 47.9 Å². The fourth-order valence-electron chi connectivity index (χ4n) is 2.30. The molecule has 2 rings (SSSR count). The van der Waals surface area contributed by atoms with Crippen LogP contribution < -0.4 is 10.2 Å². The van der Waals surface area contributed by atoms with Crippen LogP contribution >= 0.6 is 11.8 Å². The first-order valence-corrected chi connectivity index (χ1v) is 8.48. The molecule has 24 heavy (non-hydrogen) atoms. The molecule has 2 N–H and O–H groups in total. The third kappa shape index (κ3) is 4.38. The molecule has 6 nitrogen and oxygen atoms in total. The number of rotatable bonds is 6. The smallest absolute Gasteiger partial charge is 0.327 e. The molecule has 128 valence electrons. The summed E-state index contributed by atoms with van der Waals surface area (Å²) in [6.45, 7) is 3.22. The number of carbonyl (C=O) groups is 2. The Morgan fingerprint density at radius 3 is 2.62 bits per heavy atom. The van der Waals surface area contributed by atoms with Crippen LogP contribution in [-0.2, 0) is 9.59 Å². The van der Waals surface area contributed by atoms with Crippen LogP contribution in [0.2, 0.25) is 0 Å². The topological polar surface area (TPSA) is 82.5 Å². The largest absolute Gasteiger partial charge is 0.480 e. The second-order valence-electron chi connectivity index (χ2n) is 5.76. The van der Waals surface area contributed by atoms with E-state index in [1.54, 1.807) is 0 Å². The fraction of sp³-hybridized carbons (Fsp3) is 0.353. The number of pyridine rings is 1. The summed E-state index contributed by atoms with van der Waals surface area (Å²) < 4.78 is 0. The van der Waals surface area contributed by atoms with Gasteiger partial charge < -0.3 is 15.3 Å². The second kappa shape index (κ2) is 7.53. The molecular weight excluding hydrogens is 326 g/mol. The maximum Gasteiger partial charge on any atom is 0.327 e. The number of aromatic nitrogens is 1. The average Bonchev–Trinajstić information content (AvgIpc) is 2.49. The number of nitrogens with zero attached hydrogens (tertiary/aromatic N) is 2. The number of benzene rings is 1. The Kier molecular flexibility index (Phi) is 5.66. The number of carbonyl (C=O) groups excluding carboxylic acids is 1. The van der Waals surface area contributed by atoms with Gasteiger partial charge in [0, 0.05) is 48.4 Å². The molecule has 0 bridgehead atoms. The molecule has 7 heteroatoms. The fourth-order valence-corrected chi connectivity index (χ4v) is 3.44. The van der Waals surface area contributed by atoms with Gasteiger partial charge in [-0.2, -0.15) is 0 Å². The quantitative estimate of drug-likeness (QED) is 0.780. The van der Waals surface area contributed by atoms with E-state index in [4.69, 9.17) is 0 Å². The number of carboxylic acid groups (broad SMARTS) is 1. The third-order valence-corrected chi connectivity index (χ3v) is 4.63. The highest BCUT2D eigenvalue weighted by atomic mass is 32.2. The molecule has 2 aromatic rings. The molecule has 0 aliphatic carbocycles. The lowest BCUT2D eigenvalue weighted by Gasteiger charge is -2.16. The average molecular weight is 347 g/mol. The Morgan fingerprint density at radius 2 is 2.04 bits per heavy atom. The van der Waals surface area contributed by atoms with E-state index in [-0.39, 0.29) is 11.7 Å². The van der Waals surface area contributed by atoms with E-state index in [9.17, 15) is 14.7 Å². The SMILES string of the molecule is CC(=O)NC(CSc1cc(C)nc2ccc(N(C)C)cc12)C(=O)O. The number of aliphatic carboxylic acids is 1. The van der Waals surface area contributed by atoms with E-state index in [0.29, 0.717) is 0 Å². The molecule has 0 saturated heterocycles. The summed E-state index contributed by atoms with van der Waals surface area (Å²) in [6.07, 6.45) is 0. The number of anilines is 1. The maximum absolute atomic E-state index is 11.3. The van der Waals surface area contributed by atoms with E-state index in [2.05, 4.69) is 10.3 Å². The zero-order valence-electron chi connectivity index (χ0n) is 14.2. The van der Waals surface area contributed by atoms with Gasteiger partial charge in [0.05, 0.1) is 5.52 Å². The van der Waals surface area contributed by atoms with Gasteiger partial charge in [-0.15, -0.1) is 11.8 Å². The molecule has 0 fully saturated rings.